The number of aliphatic hydroxyl groups is 2. The summed E-state index contributed by atoms with van der Waals surface area (Å²) in [7, 11) is 0. The number of carboxylic acids is 2. The van der Waals surface area contributed by atoms with Gasteiger partial charge in [-0.3, -0.25) is 19.4 Å². The third kappa shape index (κ3) is 11.4. The third-order valence-electron chi connectivity index (χ3n) is 9.60. The number of nitrogens with two attached hydrogens (primary N) is 2. The van der Waals surface area contributed by atoms with Gasteiger partial charge in [-0.15, -0.1) is 0 Å². The Hall–Kier alpha value is -5.25. The highest BCUT2D eigenvalue weighted by Crippen LogP contribution is 2.36. The lowest BCUT2D eigenvalue weighted by Crippen LogP contribution is -2.38. The quantitative estimate of drug-likeness (QED) is 0.0751. The summed E-state index contributed by atoms with van der Waals surface area (Å²) in [5.74, 6) is -0.733. The summed E-state index contributed by atoms with van der Waals surface area (Å²) in [5.41, 5.74) is 17.1. The molecule has 3 aromatic carbocycles. The number of rotatable bonds is 18. The Labute approximate surface area is 330 Å². The molecule has 1 aliphatic heterocycles. The molecule has 1 amide bonds. The number of hydrogen-bond donors (Lipinski definition) is 6. The van der Waals surface area contributed by atoms with Crippen LogP contribution in [0, 0.1) is 19.3 Å². The van der Waals surface area contributed by atoms with Gasteiger partial charge in [-0.1, -0.05) is 41.9 Å². The van der Waals surface area contributed by atoms with E-state index in [1.165, 1.54) is 6.20 Å². The van der Waals surface area contributed by atoms with Gasteiger partial charge in [0.15, 0.2) is 0 Å². The molecular weight excluding hydrogens is 744 g/mol. The minimum atomic E-state index is -1.07. The van der Waals surface area contributed by atoms with Crippen LogP contribution in [-0.4, -0.2) is 87.6 Å². The summed E-state index contributed by atoms with van der Waals surface area (Å²) in [5, 5.41) is 35.2. The molecule has 5 rings (SSSR count). The molecule has 0 bridgehead atoms. The van der Waals surface area contributed by atoms with Crippen LogP contribution in [0.4, 0.5) is 0 Å². The first-order chi connectivity index (χ1) is 26.8. The number of hydrogen-bond acceptors (Lipinski definition) is 11. The SMILES string of the molecule is Cc1c(COc2cc(OCc3cncc(C(N)=O)c3)c(CN)cc2Cl)cccc1-c1cccc(OCCCN2CCC(CO)(C(=O)O)C2)c1C.O=C(O)CCO. The molecule has 0 aliphatic carbocycles. The zero-order valence-electron chi connectivity index (χ0n) is 31.5. The Balaban J connectivity index is 0.00000107. The number of aliphatic hydroxyl groups excluding tert-OH is 2. The number of aromatic nitrogens is 1. The second-order valence-electron chi connectivity index (χ2n) is 13.5. The highest BCUT2D eigenvalue weighted by molar-refractivity contribution is 6.32. The lowest BCUT2D eigenvalue weighted by atomic mass is 9.88. The molecule has 1 fully saturated rings. The van der Waals surface area contributed by atoms with Crippen molar-refractivity contribution in [3.05, 3.63) is 105 Å². The van der Waals surface area contributed by atoms with Gasteiger partial charge in [-0.05, 0) is 79.3 Å². The molecule has 1 atom stereocenters. The fourth-order valence-corrected chi connectivity index (χ4v) is 6.52. The van der Waals surface area contributed by atoms with E-state index in [9.17, 15) is 24.6 Å². The molecule has 2 heterocycles. The molecule has 1 unspecified atom stereocenters. The fraction of sp³-hybridized carbons (Fsp3) is 0.366. The topological polar surface area (TPSA) is 228 Å². The first kappa shape index (κ1) is 43.5. The number of primary amides is 1. The standard InChI is InChI=1S/C38H43ClN4O7.C3H6O3/c1-24-27(21-50-35-16-34(28(17-40)15-32(35)39)49-20-26-14-29(36(41)45)19-42-18-26)6-3-7-30(24)31-8-4-9-33(25(31)2)48-13-5-11-43-12-10-38(22-43,23-44)37(46)47;4-2-1-3(5)6/h3-4,6-9,14-16,18-19,44H,5,10-13,17,20-23,40H2,1-2H3,(H2,41,45)(H,46,47);4H,1-2H2,(H,5,6). The number of amides is 1. The Bertz CT molecular complexity index is 1990. The highest BCUT2D eigenvalue weighted by Gasteiger charge is 2.44. The van der Waals surface area contributed by atoms with Crippen LogP contribution in [-0.2, 0) is 29.3 Å². The van der Waals surface area contributed by atoms with Gasteiger partial charge in [0.2, 0.25) is 5.91 Å². The lowest BCUT2D eigenvalue weighted by molar-refractivity contribution is -0.150. The highest BCUT2D eigenvalue weighted by atomic mass is 35.5. The number of pyridine rings is 1. The summed E-state index contributed by atoms with van der Waals surface area (Å²) in [6.45, 7) is 6.26. The number of carboxylic acid groups (broad SMARTS) is 2. The minimum Gasteiger partial charge on any atom is -0.493 e. The van der Waals surface area contributed by atoms with Crippen molar-refractivity contribution in [1.29, 1.82) is 0 Å². The summed E-state index contributed by atoms with van der Waals surface area (Å²) in [6, 6.07) is 17.2. The van der Waals surface area contributed by atoms with Crippen molar-refractivity contribution in [2.75, 3.05) is 39.5 Å². The maximum Gasteiger partial charge on any atom is 0.313 e. The Morgan fingerprint density at radius 3 is 2.23 bits per heavy atom. The molecule has 0 spiro atoms. The average Bonchev–Trinajstić information content (AvgIpc) is 3.62. The van der Waals surface area contributed by atoms with Gasteiger partial charge in [0, 0.05) is 49.2 Å². The molecule has 1 saturated heterocycles. The second-order valence-corrected chi connectivity index (χ2v) is 13.9. The Morgan fingerprint density at radius 2 is 1.61 bits per heavy atom. The van der Waals surface area contributed by atoms with E-state index in [2.05, 4.69) is 28.9 Å². The molecule has 56 heavy (non-hydrogen) atoms. The van der Waals surface area contributed by atoms with Crippen LogP contribution in [0.25, 0.3) is 11.1 Å². The number of nitrogens with zero attached hydrogens (tertiary/aromatic N) is 2. The lowest BCUT2D eigenvalue weighted by Gasteiger charge is -2.22. The molecular formula is C41H49ClN4O10. The van der Waals surface area contributed by atoms with Crippen molar-refractivity contribution in [3.8, 4) is 28.4 Å². The largest absolute Gasteiger partial charge is 0.493 e. The normalized spacial score (nSPS) is 15.1. The number of halogens is 1. The molecule has 1 aliphatic rings. The molecule has 15 heteroatoms. The number of ether oxygens (including phenoxy) is 3. The number of benzene rings is 3. The van der Waals surface area contributed by atoms with Crippen molar-refractivity contribution in [2.45, 2.75) is 52.9 Å². The van der Waals surface area contributed by atoms with Crippen LogP contribution in [0.3, 0.4) is 0 Å². The van der Waals surface area contributed by atoms with E-state index in [0.717, 1.165) is 40.0 Å². The monoisotopic (exact) mass is 792 g/mol. The maximum absolute atomic E-state index is 11.6. The van der Waals surface area contributed by atoms with Gasteiger partial charge < -0.3 is 51.0 Å². The van der Waals surface area contributed by atoms with Crippen molar-refractivity contribution in [2.24, 2.45) is 16.9 Å². The van der Waals surface area contributed by atoms with Crippen molar-refractivity contribution < 1.29 is 49.0 Å². The molecule has 4 aromatic rings. The Morgan fingerprint density at radius 1 is 0.893 bits per heavy atom. The average molecular weight is 793 g/mol. The third-order valence-corrected chi connectivity index (χ3v) is 9.90. The number of aliphatic carboxylic acids is 2. The zero-order valence-corrected chi connectivity index (χ0v) is 32.3. The van der Waals surface area contributed by atoms with Crippen LogP contribution < -0.4 is 25.7 Å². The summed E-state index contributed by atoms with van der Waals surface area (Å²) < 4.78 is 18.5. The van der Waals surface area contributed by atoms with Crippen molar-refractivity contribution >= 4 is 29.4 Å². The summed E-state index contributed by atoms with van der Waals surface area (Å²) >= 11 is 6.60. The number of carbonyl (C=O) groups is 3. The first-order valence-electron chi connectivity index (χ1n) is 18.0. The van der Waals surface area contributed by atoms with Crippen LogP contribution in [0.5, 0.6) is 17.2 Å². The van der Waals surface area contributed by atoms with Crippen molar-refractivity contribution in [3.63, 3.8) is 0 Å². The van der Waals surface area contributed by atoms with E-state index >= 15 is 0 Å². The van der Waals surface area contributed by atoms with Gasteiger partial charge in [0.1, 0.15) is 35.9 Å². The van der Waals surface area contributed by atoms with E-state index in [1.807, 2.05) is 31.2 Å². The maximum atomic E-state index is 11.6. The van der Waals surface area contributed by atoms with Crippen LogP contribution in [0.15, 0.2) is 67.0 Å². The van der Waals surface area contributed by atoms with E-state index in [0.29, 0.717) is 65.9 Å². The predicted octanol–water partition coefficient (Wildman–Crippen LogP) is 4.73. The van der Waals surface area contributed by atoms with E-state index < -0.39 is 23.3 Å². The van der Waals surface area contributed by atoms with E-state index in [1.54, 1.807) is 24.4 Å². The van der Waals surface area contributed by atoms with Gasteiger partial charge in [-0.2, -0.15) is 0 Å². The molecule has 0 saturated carbocycles. The molecule has 0 radical (unpaired) electrons. The zero-order chi connectivity index (χ0) is 40.8. The summed E-state index contributed by atoms with van der Waals surface area (Å²) in [4.78, 5) is 38.8. The summed E-state index contributed by atoms with van der Waals surface area (Å²) in [6.07, 6.45) is 4.03. The van der Waals surface area contributed by atoms with Gasteiger partial charge in [0.25, 0.3) is 0 Å². The second kappa shape index (κ2) is 20.6. The van der Waals surface area contributed by atoms with Crippen LogP contribution in [0.1, 0.15) is 57.4 Å². The van der Waals surface area contributed by atoms with Crippen molar-refractivity contribution in [1.82, 2.24) is 9.88 Å². The van der Waals surface area contributed by atoms with Gasteiger partial charge >= 0.3 is 11.9 Å². The molecule has 1 aromatic heterocycles. The number of carbonyl (C=O) groups excluding carboxylic acids is 1. The molecule has 8 N–H and O–H groups in total. The van der Waals surface area contributed by atoms with E-state index in [-0.39, 0.29) is 39.4 Å². The van der Waals surface area contributed by atoms with Gasteiger partial charge in [-0.25, -0.2) is 0 Å². The number of likely N-dealkylation sites (tertiary alicyclic amines) is 1. The fourth-order valence-electron chi connectivity index (χ4n) is 6.28. The molecule has 300 valence electrons. The Kier molecular flexibility index (Phi) is 16.0. The smallest absolute Gasteiger partial charge is 0.313 e. The predicted molar refractivity (Wildman–Crippen MR) is 210 cm³/mol. The van der Waals surface area contributed by atoms with Gasteiger partial charge in [0.05, 0.1) is 36.8 Å². The van der Waals surface area contributed by atoms with E-state index in [4.69, 9.17) is 47.5 Å². The molecule has 14 nitrogen and oxygen atoms in total. The first-order valence-corrected chi connectivity index (χ1v) is 18.4. The van der Waals surface area contributed by atoms with Crippen LogP contribution in [0.2, 0.25) is 5.02 Å². The minimum absolute atomic E-state index is 0.141. The van der Waals surface area contributed by atoms with Crippen LogP contribution >= 0.6 is 11.6 Å².